The number of hydrogen-bond donors (Lipinski definition) is 0. The number of halogens is 1. The van der Waals surface area contributed by atoms with Gasteiger partial charge in [-0.3, -0.25) is 9.89 Å². The fraction of sp³-hybridized carbons (Fsp3) is 0.680. The minimum absolute atomic E-state index is 0.171. The monoisotopic (exact) mass is 478 g/mol. The second kappa shape index (κ2) is 11.9. The molecule has 0 aliphatic carbocycles. The number of fused-ring (bicyclic) bond motifs is 1. The Morgan fingerprint density at radius 3 is 2.50 bits per heavy atom. The fourth-order valence-corrected chi connectivity index (χ4v) is 6.25. The molecule has 178 valence electrons. The molecular formula is C25H39ClN4OS. The molecule has 4 aliphatic heterocycles. The molecule has 2 atom stereocenters. The van der Waals surface area contributed by atoms with Crippen molar-refractivity contribution in [3.8, 4) is 0 Å². The van der Waals surface area contributed by atoms with Crippen LogP contribution in [0.4, 0.5) is 0 Å². The zero-order valence-electron chi connectivity index (χ0n) is 20.5. The topological polar surface area (TPSA) is 40.4 Å². The Hall–Kier alpha value is -1.08. The fourth-order valence-electron chi connectivity index (χ4n) is 4.81. The van der Waals surface area contributed by atoms with E-state index in [1.165, 1.54) is 24.0 Å². The third-order valence-corrected chi connectivity index (χ3v) is 7.98. The molecule has 2 unspecified atom stereocenters. The highest BCUT2D eigenvalue weighted by atomic mass is 35.5. The van der Waals surface area contributed by atoms with E-state index < -0.39 is 0 Å². The molecule has 0 saturated carbocycles. The van der Waals surface area contributed by atoms with Gasteiger partial charge in [0.15, 0.2) is 5.17 Å². The van der Waals surface area contributed by atoms with Crippen LogP contribution in [0.5, 0.6) is 0 Å². The third-order valence-electron chi connectivity index (χ3n) is 6.63. The van der Waals surface area contributed by atoms with Crippen molar-refractivity contribution in [1.82, 2.24) is 9.80 Å². The Morgan fingerprint density at radius 1 is 1.19 bits per heavy atom. The molecule has 1 fully saturated rings. The molecule has 4 aliphatic rings. The quantitative estimate of drug-likeness (QED) is 0.396. The van der Waals surface area contributed by atoms with Gasteiger partial charge in [0.1, 0.15) is 5.16 Å². The van der Waals surface area contributed by atoms with Gasteiger partial charge in [-0.05, 0) is 37.8 Å². The largest absolute Gasteiger partial charge is 0.378 e. The summed E-state index contributed by atoms with van der Waals surface area (Å²) in [4.78, 5) is 14.9. The van der Waals surface area contributed by atoms with Crippen LogP contribution in [0.15, 0.2) is 44.0 Å². The molecule has 5 nitrogen and oxygen atoms in total. The maximum Gasteiger partial charge on any atom is 0.165 e. The van der Waals surface area contributed by atoms with Crippen LogP contribution in [0.2, 0.25) is 0 Å². The van der Waals surface area contributed by atoms with Gasteiger partial charge in [0.05, 0.1) is 31.0 Å². The van der Waals surface area contributed by atoms with Gasteiger partial charge in [0.25, 0.3) is 0 Å². The minimum Gasteiger partial charge on any atom is -0.378 e. The second-order valence-electron chi connectivity index (χ2n) is 8.43. The summed E-state index contributed by atoms with van der Waals surface area (Å²) in [6.45, 7) is 17.3. The van der Waals surface area contributed by atoms with E-state index in [0.29, 0.717) is 17.2 Å². The van der Waals surface area contributed by atoms with Crippen molar-refractivity contribution < 1.29 is 4.74 Å². The average Bonchev–Trinajstić information content (AvgIpc) is 2.83. The summed E-state index contributed by atoms with van der Waals surface area (Å²) in [5.41, 5.74) is 4.69. The number of allylic oxidation sites excluding steroid dienone is 1. The van der Waals surface area contributed by atoms with Gasteiger partial charge < -0.3 is 9.64 Å². The maximum atomic E-state index is 6.72. The highest BCUT2D eigenvalue weighted by Gasteiger charge is 2.37. The Labute approximate surface area is 203 Å². The van der Waals surface area contributed by atoms with Crippen LogP contribution in [-0.2, 0) is 4.74 Å². The number of ether oxygens (including phenoxy) is 1. The molecule has 0 radical (unpaired) electrons. The van der Waals surface area contributed by atoms with Crippen LogP contribution in [0.25, 0.3) is 0 Å². The first kappa shape index (κ1) is 25.5. The lowest BCUT2D eigenvalue weighted by Crippen LogP contribution is -2.52. The highest BCUT2D eigenvalue weighted by Crippen LogP contribution is 2.35. The van der Waals surface area contributed by atoms with Crippen LogP contribution in [0, 0.1) is 0 Å². The van der Waals surface area contributed by atoms with Crippen molar-refractivity contribution in [2.45, 2.75) is 72.5 Å². The lowest BCUT2D eigenvalue weighted by Gasteiger charge is -2.44. The Kier molecular flexibility index (Phi) is 9.47. The van der Waals surface area contributed by atoms with E-state index in [2.05, 4.69) is 49.6 Å². The predicted molar refractivity (Wildman–Crippen MR) is 140 cm³/mol. The normalized spacial score (nSPS) is 26.6. The number of dihydropyridines is 1. The van der Waals surface area contributed by atoms with Gasteiger partial charge >= 0.3 is 0 Å². The summed E-state index contributed by atoms with van der Waals surface area (Å²) in [5, 5.41) is 1.60. The van der Waals surface area contributed by atoms with Gasteiger partial charge in [-0.25, -0.2) is 4.99 Å². The van der Waals surface area contributed by atoms with Gasteiger partial charge in [-0.2, -0.15) is 0 Å². The van der Waals surface area contributed by atoms with Crippen LogP contribution in [0.3, 0.4) is 0 Å². The van der Waals surface area contributed by atoms with Gasteiger partial charge in [-0.1, -0.05) is 63.2 Å². The van der Waals surface area contributed by atoms with E-state index in [-0.39, 0.29) is 6.04 Å². The Bertz CT molecular complexity index is 822. The van der Waals surface area contributed by atoms with Crippen molar-refractivity contribution in [3.63, 3.8) is 0 Å². The molecule has 0 amide bonds. The first-order valence-electron chi connectivity index (χ1n) is 12.2. The van der Waals surface area contributed by atoms with E-state index >= 15 is 0 Å². The molecule has 1 saturated heterocycles. The highest BCUT2D eigenvalue weighted by molar-refractivity contribution is 8.14. The number of aliphatic imine (C=N–C) groups is 2. The molecule has 0 aromatic carbocycles. The molecule has 0 spiro atoms. The lowest BCUT2D eigenvalue weighted by molar-refractivity contribution is 0.0693. The first-order valence-corrected chi connectivity index (χ1v) is 13.5. The van der Waals surface area contributed by atoms with Crippen molar-refractivity contribution in [1.29, 1.82) is 0 Å². The molecule has 0 N–H and O–H groups in total. The van der Waals surface area contributed by atoms with Crippen molar-refractivity contribution in [3.05, 3.63) is 34.0 Å². The number of amidine groups is 1. The molecule has 32 heavy (non-hydrogen) atoms. The van der Waals surface area contributed by atoms with Gasteiger partial charge in [0.2, 0.25) is 0 Å². The summed E-state index contributed by atoms with van der Waals surface area (Å²) in [6.07, 6.45) is 7.12. The zero-order valence-corrected chi connectivity index (χ0v) is 22.1. The predicted octanol–water partition coefficient (Wildman–Crippen LogP) is 5.49. The summed E-state index contributed by atoms with van der Waals surface area (Å²) in [5.74, 6) is 0.815. The van der Waals surface area contributed by atoms with Crippen LogP contribution in [0.1, 0.15) is 54.4 Å². The van der Waals surface area contributed by atoms with Gasteiger partial charge in [-0.15, -0.1) is 0 Å². The van der Waals surface area contributed by atoms with E-state index in [0.717, 1.165) is 55.1 Å². The van der Waals surface area contributed by atoms with Gasteiger partial charge in [0, 0.05) is 37.0 Å². The molecule has 4 rings (SSSR count). The summed E-state index contributed by atoms with van der Waals surface area (Å²) >= 11 is 8.48. The van der Waals surface area contributed by atoms with Crippen molar-refractivity contribution in [2.75, 3.05) is 38.6 Å². The Morgan fingerprint density at radius 2 is 1.88 bits per heavy atom. The zero-order chi connectivity index (χ0) is 23.3. The molecule has 4 heterocycles. The second-order valence-corrected chi connectivity index (χ2v) is 9.73. The lowest BCUT2D eigenvalue weighted by atomic mass is 9.87. The minimum atomic E-state index is 0.171. The third kappa shape index (κ3) is 5.35. The molecule has 0 aromatic heterocycles. The first-order chi connectivity index (χ1) is 15.5. The molecular weight excluding hydrogens is 440 g/mol. The summed E-state index contributed by atoms with van der Waals surface area (Å²) < 4.78 is 5.46. The number of thioether (sulfide) groups is 1. The van der Waals surface area contributed by atoms with E-state index in [9.17, 15) is 0 Å². The number of hydrogen-bond acceptors (Lipinski definition) is 6. The molecule has 0 bridgehead atoms. The maximum absolute atomic E-state index is 6.72. The van der Waals surface area contributed by atoms with Crippen LogP contribution < -0.4 is 0 Å². The molecule has 7 heteroatoms. The van der Waals surface area contributed by atoms with E-state index in [1.54, 1.807) is 11.8 Å². The van der Waals surface area contributed by atoms with Crippen molar-refractivity contribution >= 4 is 34.2 Å². The van der Waals surface area contributed by atoms with E-state index in [4.69, 9.17) is 26.3 Å². The van der Waals surface area contributed by atoms with Crippen LogP contribution in [-0.4, -0.2) is 77.4 Å². The molecule has 0 aromatic rings. The number of morpholine rings is 1. The summed E-state index contributed by atoms with van der Waals surface area (Å²) in [7, 11) is 0. The standard InChI is InChI=1S/C23H33ClN4OS.C2H6/c1-5-17(6-2)28-8-7-15(3)21-19(28)13-16(4)20(25-21)18-14-30-23(26-22(18)24)27-9-11-29-12-10-27;1-2/h7,13,17,19,21H,5-6,8-12,14H2,1-4H3;1-2H3. The SMILES string of the molecule is CC.CCC(CC)N1CC=C(C)C2N=C(C3=C(Cl)N=C(N4CCOCC4)SC3)C(C)=CC21. The van der Waals surface area contributed by atoms with E-state index in [1.807, 2.05) is 13.8 Å². The summed E-state index contributed by atoms with van der Waals surface area (Å²) in [6, 6.07) is 1.10. The van der Waals surface area contributed by atoms with Crippen LogP contribution >= 0.6 is 23.4 Å². The van der Waals surface area contributed by atoms with Crippen molar-refractivity contribution in [2.24, 2.45) is 9.98 Å². The Balaban J connectivity index is 0.00000141. The smallest absolute Gasteiger partial charge is 0.165 e. The number of nitrogens with zero attached hydrogens (tertiary/aromatic N) is 4. The average molecular weight is 479 g/mol. The number of rotatable bonds is 4.